The highest BCUT2D eigenvalue weighted by atomic mass is 16.5. The van der Waals surface area contributed by atoms with Crippen molar-refractivity contribution in [1.82, 2.24) is 15.1 Å². The minimum absolute atomic E-state index is 0.0153. The van der Waals surface area contributed by atoms with Gasteiger partial charge in [-0.2, -0.15) is 0 Å². The summed E-state index contributed by atoms with van der Waals surface area (Å²) < 4.78 is 4.50. The highest BCUT2D eigenvalue weighted by Crippen LogP contribution is 2.22. The molecule has 9 nitrogen and oxygen atoms in total. The molecule has 3 unspecified atom stereocenters. The summed E-state index contributed by atoms with van der Waals surface area (Å²) in [6, 6.07) is -1.63. The maximum atomic E-state index is 12.3. The number of β-amino-alcohol motifs (C(OH)–C–C–N with tert-alkyl or cyclic N) is 1. The van der Waals surface area contributed by atoms with Gasteiger partial charge >= 0.3 is 18.1 Å². The molecule has 2 saturated heterocycles. The van der Waals surface area contributed by atoms with Gasteiger partial charge in [-0.15, -0.1) is 0 Å². The van der Waals surface area contributed by atoms with E-state index in [1.807, 2.05) is 0 Å². The number of urea groups is 1. The Kier molecular flexibility index (Phi) is 4.51. The van der Waals surface area contributed by atoms with Crippen molar-refractivity contribution in [3.05, 3.63) is 0 Å². The summed E-state index contributed by atoms with van der Waals surface area (Å²) in [4.78, 5) is 37.3. The first-order valence-corrected chi connectivity index (χ1v) is 6.73. The van der Waals surface area contributed by atoms with E-state index < -0.39 is 30.2 Å². The molecule has 3 amide bonds. The first kappa shape index (κ1) is 15.4. The molecule has 3 N–H and O–H groups in total. The number of carboxylic acids is 1. The lowest BCUT2D eigenvalue weighted by Gasteiger charge is -2.27. The lowest BCUT2D eigenvalue weighted by molar-refractivity contribution is -0.141. The molecule has 0 aliphatic carbocycles. The standard InChI is InChI=1S/C12H19N3O6/c1-21-11(19)13-7-2-3-14(5-7)12(20)15-6-8(16)4-9(15)10(17)18/h7-9,16H,2-6H2,1H3,(H,13,19)(H,17,18). The monoisotopic (exact) mass is 301 g/mol. The smallest absolute Gasteiger partial charge is 0.407 e. The number of aliphatic hydroxyl groups is 1. The second kappa shape index (κ2) is 6.17. The summed E-state index contributed by atoms with van der Waals surface area (Å²) in [5.74, 6) is -1.12. The van der Waals surface area contributed by atoms with Gasteiger partial charge in [-0.1, -0.05) is 0 Å². The van der Waals surface area contributed by atoms with Gasteiger partial charge in [0.15, 0.2) is 0 Å². The van der Waals surface area contributed by atoms with Gasteiger partial charge in [0.1, 0.15) is 6.04 Å². The Hall–Kier alpha value is -2.03. The number of amides is 3. The highest BCUT2D eigenvalue weighted by Gasteiger charge is 2.42. The number of carbonyl (C=O) groups excluding carboxylic acids is 2. The van der Waals surface area contributed by atoms with Gasteiger partial charge in [-0.05, 0) is 6.42 Å². The molecule has 2 rings (SSSR count). The fourth-order valence-electron chi connectivity index (χ4n) is 2.72. The summed E-state index contributed by atoms with van der Waals surface area (Å²) in [5.41, 5.74) is 0. The summed E-state index contributed by atoms with van der Waals surface area (Å²) in [5, 5.41) is 21.3. The third kappa shape index (κ3) is 3.35. The molecule has 2 fully saturated rings. The van der Waals surface area contributed by atoms with Gasteiger partial charge in [0, 0.05) is 26.1 Å². The number of ether oxygens (including phenoxy) is 1. The largest absolute Gasteiger partial charge is 0.480 e. The number of hydrogen-bond acceptors (Lipinski definition) is 5. The fourth-order valence-corrected chi connectivity index (χ4v) is 2.72. The van der Waals surface area contributed by atoms with E-state index in [-0.39, 0.29) is 19.0 Å². The van der Waals surface area contributed by atoms with Gasteiger partial charge in [-0.25, -0.2) is 14.4 Å². The topological polar surface area (TPSA) is 119 Å². The lowest BCUT2D eigenvalue weighted by atomic mass is 10.2. The zero-order valence-electron chi connectivity index (χ0n) is 11.7. The Balaban J connectivity index is 1.95. The molecule has 0 aromatic carbocycles. The second-order valence-corrected chi connectivity index (χ2v) is 5.25. The number of nitrogens with one attached hydrogen (secondary N) is 1. The Morgan fingerprint density at radius 2 is 2.00 bits per heavy atom. The van der Waals surface area contributed by atoms with Crippen LogP contribution in [-0.2, 0) is 9.53 Å². The molecule has 2 aliphatic heterocycles. The van der Waals surface area contributed by atoms with E-state index in [0.717, 1.165) is 0 Å². The number of nitrogens with zero attached hydrogens (tertiary/aromatic N) is 2. The summed E-state index contributed by atoms with van der Waals surface area (Å²) in [6.45, 7) is 0.737. The molecule has 9 heteroatoms. The van der Waals surface area contributed by atoms with E-state index in [1.165, 1.54) is 16.9 Å². The van der Waals surface area contributed by atoms with Crippen LogP contribution in [0, 0.1) is 0 Å². The van der Waals surface area contributed by atoms with Gasteiger partial charge in [0.2, 0.25) is 0 Å². The summed E-state index contributed by atoms with van der Waals surface area (Å²) >= 11 is 0. The number of hydrogen-bond donors (Lipinski definition) is 3. The Morgan fingerprint density at radius 3 is 2.62 bits per heavy atom. The van der Waals surface area contributed by atoms with Crippen molar-refractivity contribution in [2.75, 3.05) is 26.7 Å². The third-order valence-corrected chi connectivity index (χ3v) is 3.78. The second-order valence-electron chi connectivity index (χ2n) is 5.25. The van der Waals surface area contributed by atoms with Crippen LogP contribution in [-0.4, -0.2) is 83.0 Å². The molecule has 118 valence electrons. The van der Waals surface area contributed by atoms with E-state index >= 15 is 0 Å². The SMILES string of the molecule is COC(=O)NC1CCN(C(=O)N2CC(O)CC2C(=O)O)C1. The number of carboxylic acid groups (broad SMARTS) is 1. The number of methoxy groups -OCH3 is 1. The molecule has 21 heavy (non-hydrogen) atoms. The molecule has 0 bridgehead atoms. The number of likely N-dealkylation sites (tertiary alicyclic amines) is 2. The normalized spacial score (nSPS) is 28.6. The van der Waals surface area contributed by atoms with Crippen LogP contribution < -0.4 is 5.32 Å². The zero-order valence-corrected chi connectivity index (χ0v) is 11.7. The van der Waals surface area contributed by atoms with E-state index in [0.29, 0.717) is 19.5 Å². The van der Waals surface area contributed by atoms with Crippen molar-refractivity contribution in [3.63, 3.8) is 0 Å². The van der Waals surface area contributed by atoms with Gasteiger partial charge < -0.3 is 30.1 Å². The number of aliphatic carboxylic acids is 1. The van der Waals surface area contributed by atoms with Crippen molar-refractivity contribution in [3.8, 4) is 0 Å². The highest BCUT2D eigenvalue weighted by molar-refractivity contribution is 5.83. The molecule has 0 saturated carbocycles. The molecular formula is C12H19N3O6. The van der Waals surface area contributed by atoms with Gasteiger partial charge in [-0.3, -0.25) is 0 Å². The number of alkyl carbamates (subject to hydrolysis) is 1. The van der Waals surface area contributed by atoms with E-state index in [1.54, 1.807) is 0 Å². The number of carbonyl (C=O) groups is 3. The van der Waals surface area contributed by atoms with Crippen LogP contribution in [0.3, 0.4) is 0 Å². The van der Waals surface area contributed by atoms with E-state index in [4.69, 9.17) is 5.11 Å². The third-order valence-electron chi connectivity index (χ3n) is 3.78. The Bertz CT molecular complexity index is 443. The quantitative estimate of drug-likeness (QED) is 0.605. The molecule has 0 radical (unpaired) electrons. The van der Waals surface area contributed by atoms with Crippen LogP contribution in [0.1, 0.15) is 12.8 Å². The fraction of sp³-hybridized carbons (Fsp3) is 0.750. The van der Waals surface area contributed by atoms with Crippen molar-refractivity contribution < 1.29 is 29.3 Å². The first-order valence-electron chi connectivity index (χ1n) is 6.73. The van der Waals surface area contributed by atoms with Crippen molar-refractivity contribution >= 4 is 18.1 Å². The predicted molar refractivity (Wildman–Crippen MR) is 69.7 cm³/mol. The van der Waals surface area contributed by atoms with Gasteiger partial charge in [0.05, 0.1) is 19.3 Å². The minimum atomic E-state index is -1.12. The summed E-state index contributed by atoms with van der Waals surface area (Å²) in [6.07, 6.45) is -0.760. The van der Waals surface area contributed by atoms with Crippen LogP contribution >= 0.6 is 0 Å². The van der Waals surface area contributed by atoms with Crippen LogP contribution in [0.15, 0.2) is 0 Å². The van der Waals surface area contributed by atoms with Crippen LogP contribution in [0.5, 0.6) is 0 Å². The number of rotatable bonds is 2. The maximum Gasteiger partial charge on any atom is 0.407 e. The van der Waals surface area contributed by atoms with Crippen molar-refractivity contribution in [2.24, 2.45) is 0 Å². The molecular weight excluding hydrogens is 282 g/mol. The van der Waals surface area contributed by atoms with Gasteiger partial charge in [0.25, 0.3) is 0 Å². The molecule has 0 aromatic heterocycles. The molecule has 0 aromatic rings. The molecule has 2 aliphatic rings. The van der Waals surface area contributed by atoms with E-state index in [2.05, 4.69) is 10.1 Å². The average molecular weight is 301 g/mol. The Labute approximate surface area is 121 Å². The number of aliphatic hydroxyl groups excluding tert-OH is 1. The van der Waals surface area contributed by atoms with Crippen LogP contribution in [0.25, 0.3) is 0 Å². The van der Waals surface area contributed by atoms with Crippen LogP contribution in [0.2, 0.25) is 0 Å². The predicted octanol–water partition coefficient (Wildman–Crippen LogP) is -0.943. The molecule has 3 atom stereocenters. The van der Waals surface area contributed by atoms with Crippen molar-refractivity contribution in [2.45, 2.75) is 31.0 Å². The van der Waals surface area contributed by atoms with E-state index in [9.17, 15) is 19.5 Å². The minimum Gasteiger partial charge on any atom is -0.480 e. The first-order chi connectivity index (χ1) is 9.92. The zero-order chi connectivity index (χ0) is 15.6. The van der Waals surface area contributed by atoms with Crippen molar-refractivity contribution in [1.29, 1.82) is 0 Å². The average Bonchev–Trinajstić information content (AvgIpc) is 3.04. The van der Waals surface area contributed by atoms with Crippen LogP contribution in [0.4, 0.5) is 9.59 Å². The summed E-state index contributed by atoms with van der Waals surface area (Å²) in [7, 11) is 1.26. The lowest BCUT2D eigenvalue weighted by Crippen LogP contribution is -2.48. The molecule has 0 spiro atoms. The molecule has 2 heterocycles. The Morgan fingerprint density at radius 1 is 1.29 bits per heavy atom. The maximum absolute atomic E-state index is 12.3.